The number of rotatable bonds is 3. The van der Waals surface area contributed by atoms with Crippen molar-refractivity contribution in [1.82, 2.24) is 15.6 Å². The summed E-state index contributed by atoms with van der Waals surface area (Å²) in [6, 6.07) is 7.12. The summed E-state index contributed by atoms with van der Waals surface area (Å²) in [5.41, 5.74) is 3.70. The van der Waals surface area contributed by atoms with Crippen LogP contribution in [-0.4, -0.2) is 48.8 Å². The van der Waals surface area contributed by atoms with Gasteiger partial charge < -0.3 is 10.2 Å². The van der Waals surface area contributed by atoms with Crippen LogP contribution < -0.4 is 15.8 Å². The fraction of sp³-hybridized carbons (Fsp3) is 0.471. The summed E-state index contributed by atoms with van der Waals surface area (Å²) in [5, 5.41) is 4.47. The van der Waals surface area contributed by atoms with Crippen LogP contribution in [0.4, 0.5) is 5.69 Å². The van der Waals surface area contributed by atoms with Gasteiger partial charge in [-0.3, -0.25) is 19.8 Å². The van der Waals surface area contributed by atoms with E-state index >= 15 is 0 Å². The summed E-state index contributed by atoms with van der Waals surface area (Å²) in [4.78, 5) is 37.8. The number of anilines is 1. The first kappa shape index (κ1) is 16.4. The molecule has 2 N–H and O–H groups in total. The Kier molecular flexibility index (Phi) is 4.80. The highest BCUT2D eigenvalue weighted by Crippen LogP contribution is 2.19. The van der Waals surface area contributed by atoms with Crippen molar-refractivity contribution in [2.45, 2.75) is 31.7 Å². The van der Waals surface area contributed by atoms with Crippen molar-refractivity contribution < 1.29 is 14.4 Å². The highest BCUT2D eigenvalue weighted by atomic mass is 16.2. The molecule has 2 heterocycles. The second-order valence-electron chi connectivity index (χ2n) is 6.19. The average Bonchev–Trinajstić information content (AvgIpc) is 2.63. The molecule has 2 aliphatic heterocycles. The van der Waals surface area contributed by atoms with E-state index in [9.17, 15) is 14.4 Å². The molecule has 0 aromatic heterocycles. The van der Waals surface area contributed by atoms with Gasteiger partial charge in [0.25, 0.3) is 5.91 Å². The third-order valence-corrected chi connectivity index (χ3v) is 4.54. The number of carbonyl (C=O) groups excluding carboxylic acids is 3. The number of hydrazine groups is 1. The van der Waals surface area contributed by atoms with E-state index in [-0.39, 0.29) is 30.6 Å². The lowest BCUT2D eigenvalue weighted by Gasteiger charge is -2.32. The zero-order valence-corrected chi connectivity index (χ0v) is 13.7. The van der Waals surface area contributed by atoms with Crippen molar-refractivity contribution in [2.24, 2.45) is 0 Å². The maximum Gasteiger partial charge on any atom is 0.253 e. The minimum atomic E-state index is -0.179. The number of piperidine rings is 1. The Labute approximate surface area is 141 Å². The number of benzene rings is 1. The van der Waals surface area contributed by atoms with Gasteiger partial charge in [-0.2, -0.15) is 0 Å². The summed E-state index contributed by atoms with van der Waals surface area (Å²) in [5.74, 6) is -0.335. The Bertz CT molecular complexity index is 644. The van der Waals surface area contributed by atoms with Gasteiger partial charge in [-0.15, -0.1) is 0 Å². The highest BCUT2D eigenvalue weighted by molar-refractivity contribution is 6.01. The number of amides is 3. The summed E-state index contributed by atoms with van der Waals surface area (Å²) in [6.07, 6.45) is 2.48. The first-order chi connectivity index (χ1) is 11.6. The monoisotopic (exact) mass is 330 g/mol. The molecule has 2 aliphatic rings. The van der Waals surface area contributed by atoms with Crippen molar-refractivity contribution in [2.75, 3.05) is 25.1 Å². The lowest BCUT2D eigenvalue weighted by molar-refractivity contribution is -0.130. The van der Waals surface area contributed by atoms with Gasteiger partial charge in [0.05, 0.1) is 5.69 Å². The van der Waals surface area contributed by atoms with Crippen LogP contribution in [0.2, 0.25) is 0 Å². The third kappa shape index (κ3) is 3.41. The van der Waals surface area contributed by atoms with Gasteiger partial charge in [0.1, 0.15) is 0 Å². The Morgan fingerprint density at radius 2 is 1.96 bits per heavy atom. The van der Waals surface area contributed by atoms with E-state index in [1.807, 2.05) is 11.9 Å². The van der Waals surface area contributed by atoms with E-state index in [2.05, 4.69) is 10.7 Å². The minimum Gasteiger partial charge on any atom is -0.337 e. The largest absolute Gasteiger partial charge is 0.337 e. The van der Waals surface area contributed by atoms with Gasteiger partial charge in [-0.05, 0) is 44.2 Å². The number of likely N-dealkylation sites (N-methyl/N-ethyl adjacent to an activating group) is 1. The smallest absolute Gasteiger partial charge is 0.253 e. The van der Waals surface area contributed by atoms with Gasteiger partial charge in [-0.25, -0.2) is 5.01 Å². The fourth-order valence-electron chi connectivity index (χ4n) is 3.12. The predicted molar refractivity (Wildman–Crippen MR) is 89.3 cm³/mol. The van der Waals surface area contributed by atoms with Crippen LogP contribution in [0, 0.1) is 0 Å². The Morgan fingerprint density at radius 3 is 2.67 bits per heavy atom. The summed E-state index contributed by atoms with van der Waals surface area (Å²) < 4.78 is 0. The standard InChI is InChI=1S/C17H22N4O3/c1-18-13-3-2-10-20(11-13)17(24)12-4-6-14(7-5-12)21-16(23)9-8-15(22)19-21/h4-7,13,18H,2-3,8-11H2,1H3,(H,19,22). The van der Waals surface area contributed by atoms with Gasteiger partial charge in [-0.1, -0.05) is 0 Å². The number of likely N-dealkylation sites (tertiary alicyclic amines) is 1. The number of nitrogens with zero attached hydrogens (tertiary/aromatic N) is 2. The lowest BCUT2D eigenvalue weighted by Crippen LogP contribution is -2.50. The van der Waals surface area contributed by atoms with Crippen molar-refractivity contribution >= 4 is 23.4 Å². The molecular weight excluding hydrogens is 308 g/mol. The molecule has 1 aromatic rings. The molecule has 7 nitrogen and oxygen atoms in total. The van der Waals surface area contributed by atoms with Crippen LogP contribution in [-0.2, 0) is 9.59 Å². The van der Waals surface area contributed by atoms with Crippen molar-refractivity contribution in [3.8, 4) is 0 Å². The third-order valence-electron chi connectivity index (χ3n) is 4.54. The van der Waals surface area contributed by atoms with Gasteiger partial charge in [0, 0.05) is 37.5 Å². The van der Waals surface area contributed by atoms with Crippen LogP contribution in [0.3, 0.4) is 0 Å². The molecule has 1 atom stereocenters. The molecule has 2 saturated heterocycles. The molecule has 1 unspecified atom stereocenters. The molecule has 0 aliphatic carbocycles. The lowest BCUT2D eigenvalue weighted by atomic mass is 10.0. The Balaban J connectivity index is 1.71. The van der Waals surface area contributed by atoms with E-state index in [0.29, 0.717) is 23.8 Å². The van der Waals surface area contributed by atoms with E-state index in [1.165, 1.54) is 5.01 Å². The molecule has 3 amide bonds. The first-order valence-corrected chi connectivity index (χ1v) is 8.27. The molecule has 0 saturated carbocycles. The molecule has 0 spiro atoms. The average molecular weight is 330 g/mol. The maximum atomic E-state index is 12.6. The van der Waals surface area contributed by atoms with Crippen LogP contribution in [0.15, 0.2) is 24.3 Å². The highest BCUT2D eigenvalue weighted by Gasteiger charge is 2.26. The van der Waals surface area contributed by atoms with E-state index in [4.69, 9.17) is 0 Å². The second kappa shape index (κ2) is 7.00. The summed E-state index contributed by atoms with van der Waals surface area (Å²) in [6.45, 7) is 1.47. The van der Waals surface area contributed by atoms with Crippen molar-refractivity contribution in [3.05, 3.63) is 29.8 Å². The van der Waals surface area contributed by atoms with E-state index in [0.717, 1.165) is 19.4 Å². The van der Waals surface area contributed by atoms with E-state index in [1.54, 1.807) is 24.3 Å². The zero-order chi connectivity index (χ0) is 17.1. The normalized spacial score (nSPS) is 21.6. The van der Waals surface area contributed by atoms with Crippen molar-refractivity contribution in [1.29, 1.82) is 0 Å². The van der Waals surface area contributed by atoms with E-state index < -0.39 is 0 Å². The number of hydrogen-bond donors (Lipinski definition) is 2. The second-order valence-corrected chi connectivity index (χ2v) is 6.19. The van der Waals surface area contributed by atoms with Crippen LogP contribution in [0.5, 0.6) is 0 Å². The zero-order valence-electron chi connectivity index (χ0n) is 13.7. The Morgan fingerprint density at radius 1 is 1.21 bits per heavy atom. The van der Waals surface area contributed by atoms with Gasteiger partial charge in [0.15, 0.2) is 0 Å². The Hall–Kier alpha value is -2.41. The molecular formula is C17H22N4O3. The SMILES string of the molecule is CNC1CCCN(C(=O)c2ccc(N3NC(=O)CCC3=O)cc2)C1. The molecule has 1 aromatic carbocycles. The molecule has 7 heteroatoms. The molecule has 0 radical (unpaired) electrons. The van der Waals surface area contributed by atoms with Gasteiger partial charge >= 0.3 is 0 Å². The molecule has 3 rings (SSSR count). The van der Waals surface area contributed by atoms with Crippen LogP contribution in [0.25, 0.3) is 0 Å². The first-order valence-electron chi connectivity index (χ1n) is 8.27. The maximum absolute atomic E-state index is 12.6. The topological polar surface area (TPSA) is 81.8 Å². The van der Waals surface area contributed by atoms with Crippen LogP contribution >= 0.6 is 0 Å². The summed E-state index contributed by atoms with van der Waals surface area (Å²) in [7, 11) is 1.91. The van der Waals surface area contributed by atoms with Crippen LogP contribution in [0.1, 0.15) is 36.0 Å². The number of hydrogen-bond acceptors (Lipinski definition) is 4. The summed E-state index contributed by atoms with van der Waals surface area (Å²) >= 11 is 0. The minimum absolute atomic E-state index is 0.00416. The molecule has 128 valence electrons. The predicted octanol–water partition coefficient (Wildman–Crippen LogP) is 0.669. The number of nitrogens with one attached hydrogen (secondary N) is 2. The molecule has 24 heavy (non-hydrogen) atoms. The van der Waals surface area contributed by atoms with Gasteiger partial charge in [0.2, 0.25) is 11.8 Å². The van der Waals surface area contributed by atoms with Crippen molar-refractivity contribution in [3.63, 3.8) is 0 Å². The number of carbonyl (C=O) groups is 3. The quantitative estimate of drug-likeness (QED) is 0.853. The fourth-order valence-corrected chi connectivity index (χ4v) is 3.12. The molecule has 0 bridgehead atoms. The molecule has 2 fully saturated rings.